The number of nitrogens with zero attached hydrogens (tertiary/aromatic N) is 3. The molecular weight excluding hydrogens is 394 g/mol. The molecule has 0 bridgehead atoms. The number of aromatic carboxylic acids is 1. The number of aromatic nitrogens is 3. The molecule has 0 spiro atoms. The molecule has 3 N–H and O–H groups in total. The summed E-state index contributed by atoms with van der Waals surface area (Å²) >= 11 is 5.77. The summed E-state index contributed by atoms with van der Waals surface area (Å²) in [5, 5.41) is 16.5. The SMILES string of the molecule is Cn1ccc(Nc2ccc(S(=O)(=O)Nc3ccc(Cl)cc3C(=O)O)cn2)n1. The van der Waals surface area contributed by atoms with Crippen molar-refractivity contribution in [3.8, 4) is 0 Å². The van der Waals surface area contributed by atoms with Gasteiger partial charge in [0.2, 0.25) is 0 Å². The molecule has 3 aromatic rings. The van der Waals surface area contributed by atoms with Gasteiger partial charge in [-0.2, -0.15) is 5.10 Å². The lowest BCUT2D eigenvalue weighted by Gasteiger charge is -2.11. The molecule has 2 heterocycles. The van der Waals surface area contributed by atoms with Crippen LogP contribution >= 0.6 is 11.6 Å². The summed E-state index contributed by atoms with van der Waals surface area (Å²) in [6, 6.07) is 8.40. The van der Waals surface area contributed by atoms with E-state index in [0.717, 1.165) is 6.20 Å². The highest BCUT2D eigenvalue weighted by atomic mass is 35.5. The predicted octanol–water partition coefficient (Wildman–Crippen LogP) is 2.71. The highest BCUT2D eigenvalue weighted by Crippen LogP contribution is 2.24. The maximum atomic E-state index is 12.5. The van der Waals surface area contributed by atoms with Gasteiger partial charge in [0, 0.05) is 30.5 Å². The Hall–Kier alpha value is -3.11. The van der Waals surface area contributed by atoms with Crippen molar-refractivity contribution in [3.63, 3.8) is 0 Å². The van der Waals surface area contributed by atoms with E-state index in [0.29, 0.717) is 11.6 Å². The lowest BCUT2D eigenvalue weighted by molar-refractivity contribution is 0.0698. The Kier molecular flexibility index (Phi) is 5.02. The number of carboxylic acid groups (broad SMARTS) is 1. The number of carboxylic acids is 1. The number of anilines is 3. The molecule has 0 aliphatic heterocycles. The maximum Gasteiger partial charge on any atom is 0.337 e. The van der Waals surface area contributed by atoms with Gasteiger partial charge in [0.15, 0.2) is 5.82 Å². The predicted molar refractivity (Wildman–Crippen MR) is 99.9 cm³/mol. The van der Waals surface area contributed by atoms with Crippen LogP contribution in [0, 0.1) is 0 Å². The molecule has 0 unspecified atom stereocenters. The van der Waals surface area contributed by atoms with Crippen molar-refractivity contribution in [3.05, 3.63) is 59.4 Å². The molecule has 0 fully saturated rings. The van der Waals surface area contributed by atoms with Crippen molar-refractivity contribution in [2.75, 3.05) is 10.0 Å². The Bertz CT molecular complexity index is 1100. The number of pyridine rings is 1. The summed E-state index contributed by atoms with van der Waals surface area (Å²) in [4.78, 5) is 15.2. The maximum absolute atomic E-state index is 12.5. The second-order valence-electron chi connectivity index (χ2n) is 5.48. The van der Waals surface area contributed by atoms with Crippen LogP contribution in [0.15, 0.2) is 53.7 Å². The number of hydrogen-bond donors (Lipinski definition) is 3. The zero-order valence-corrected chi connectivity index (χ0v) is 15.5. The molecule has 0 aliphatic rings. The number of nitrogens with one attached hydrogen (secondary N) is 2. The third-order valence-corrected chi connectivity index (χ3v) is 5.06. The zero-order chi connectivity index (χ0) is 19.6. The van der Waals surface area contributed by atoms with E-state index < -0.39 is 16.0 Å². The lowest BCUT2D eigenvalue weighted by atomic mass is 10.2. The number of benzene rings is 1. The molecule has 0 saturated carbocycles. The second-order valence-corrected chi connectivity index (χ2v) is 7.60. The Morgan fingerprint density at radius 1 is 1.19 bits per heavy atom. The Morgan fingerprint density at radius 2 is 1.96 bits per heavy atom. The van der Waals surface area contributed by atoms with E-state index in [1.165, 1.54) is 30.3 Å². The summed E-state index contributed by atoms with van der Waals surface area (Å²) < 4.78 is 28.9. The summed E-state index contributed by atoms with van der Waals surface area (Å²) in [6.45, 7) is 0. The monoisotopic (exact) mass is 407 g/mol. The van der Waals surface area contributed by atoms with E-state index in [1.807, 2.05) is 0 Å². The Balaban J connectivity index is 1.82. The fraction of sp³-hybridized carbons (Fsp3) is 0.0625. The van der Waals surface area contributed by atoms with Crippen molar-refractivity contribution < 1.29 is 18.3 Å². The minimum atomic E-state index is -4.03. The molecule has 0 amide bonds. The zero-order valence-electron chi connectivity index (χ0n) is 13.9. The average molecular weight is 408 g/mol. The van der Waals surface area contributed by atoms with Crippen molar-refractivity contribution in [2.45, 2.75) is 4.90 Å². The molecule has 3 rings (SSSR count). The largest absolute Gasteiger partial charge is 0.478 e. The van der Waals surface area contributed by atoms with Crippen molar-refractivity contribution in [1.82, 2.24) is 14.8 Å². The second kappa shape index (κ2) is 7.25. The summed E-state index contributed by atoms with van der Waals surface area (Å²) in [5.74, 6) is -0.334. The first-order valence-electron chi connectivity index (χ1n) is 7.53. The van der Waals surface area contributed by atoms with Gasteiger partial charge in [0.25, 0.3) is 10.0 Å². The normalized spacial score (nSPS) is 11.2. The summed E-state index contributed by atoms with van der Waals surface area (Å²) in [5.41, 5.74) is -0.352. The topological polar surface area (TPSA) is 126 Å². The van der Waals surface area contributed by atoms with Crippen molar-refractivity contribution in [1.29, 1.82) is 0 Å². The molecule has 11 heteroatoms. The van der Waals surface area contributed by atoms with E-state index in [9.17, 15) is 18.3 Å². The molecule has 9 nitrogen and oxygen atoms in total. The van der Waals surface area contributed by atoms with Crippen LogP contribution in [0.25, 0.3) is 0 Å². The molecule has 0 atom stereocenters. The molecule has 0 saturated heterocycles. The highest BCUT2D eigenvalue weighted by Gasteiger charge is 2.19. The number of carbonyl (C=O) groups is 1. The molecule has 0 radical (unpaired) electrons. The fourth-order valence-corrected chi connectivity index (χ4v) is 3.41. The first kappa shape index (κ1) is 18.7. The van der Waals surface area contributed by atoms with E-state index in [4.69, 9.17) is 11.6 Å². The first-order valence-corrected chi connectivity index (χ1v) is 9.39. The van der Waals surface area contributed by atoms with Gasteiger partial charge in [-0.3, -0.25) is 9.40 Å². The van der Waals surface area contributed by atoms with Gasteiger partial charge in [0.05, 0.1) is 11.3 Å². The Morgan fingerprint density at radius 3 is 2.56 bits per heavy atom. The molecular formula is C16H14ClN5O4S. The smallest absolute Gasteiger partial charge is 0.337 e. The van der Waals surface area contributed by atoms with Crippen LogP contribution in [-0.4, -0.2) is 34.3 Å². The standard InChI is InChI=1S/C16H14ClN5O4S/c1-22-7-6-15(20-22)19-14-5-3-11(9-18-14)27(25,26)21-13-4-2-10(17)8-12(13)16(23)24/h2-9,21H,1H3,(H,23,24)(H,18,19,20). The van der Waals surface area contributed by atoms with Crippen LogP contribution in [0.1, 0.15) is 10.4 Å². The quantitative estimate of drug-likeness (QED) is 0.573. The summed E-state index contributed by atoms with van der Waals surface area (Å²) in [6.07, 6.45) is 2.90. The molecule has 140 valence electrons. The van der Waals surface area contributed by atoms with Gasteiger partial charge < -0.3 is 10.4 Å². The Labute approximate surface area is 159 Å². The number of halogens is 1. The minimum absolute atomic E-state index is 0.0948. The van der Waals surface area contributed by atoms with Crippen molar-refractivity contribution >= 4 is 44.9 Å². The minimum Gasteiger partial charge on any atom is -0.478 e. The van der Waals surface area contributed by atoms with E-state index in [1.54, 1.807) is 24.0 Å². The van der Waals surface area contributed by atoms with Gasteiger partial charge in [-0.05, 0) is 30.3 Å². The van der Waals surface area contributed by atoms with E-state index >= 15 is 0 Å². The lowest BCUT2D eigenvalue weighted by Crippen LogP contribution is -2.16. The fourth-order valence-electron chi connectivity index (χ4n) is 2.21. The van der Waals surface area contributed by atoms with Gasteiger partial charge in [-0.25, -0.2) is 18.2 Å². The van der Waals surface area contributed by atoms with Crippen LogP contribution in [-0.2, 0) is 17.1 Å². The average Bonchev–Trinajstić information content (AvgIpc) is 3.01. The molecule has 2 aromatic heterocycles. The first-order chi connectivity index (χ1) is 12.7. The third kappa shape index (κ3) is 4.36. The van der Waals surface area contributed by atoms with E-state index in [-0.39, 0.29) is 21.2 Å². The van der Waals surface area contributed by atoms with Crippen LogP contribution in [0.4, 0.5) is 17.3 Å². The molecule has 0 aliphatic carbocycles. The van der Waals surface area contributed by atoms with Gasteiger partial charge >= 0.3 is 5.97 Å². The van der Waals surface area contributed by atoms with E-state index in [2.05, 4.69) is 20.1 Å². The molecule has 1 aromatic carbocycles. The van der Waals surface area contributed by atoms with Gasteiger partial charge in [-0.1, -0.05) is 11.6 Å². The third-order valence-electron chi connectivity index (χ3n) is 3.47. The number of aryl methyl sites for hydroxylation is 1. The van der Waals surface area contributed by atoms with Crippen LogP contribution < -0.4 is 10.0 Å². The van der Waals surface area contributed by atoms with Gasteiger partial charge in [0.1, 0.15) is 10.7 Å². The van der Waals surface area contributed by atoms with Gasteiger partial charge in [-0.15, -0.1) is 0 Å². The van der Waals surface area contributed by atoms with Crippen LogP contribution in [0.2, 0.25) is 5.02 Å². The summed E-state index contributed by atoms with van der Waals surface area (Å²) in [7, 11) is -2.27. The molecule has 27 heavy (non-hydrogen) atoms. The number of rotatable bonds is 6. The number of sulfonamides is 1. The van der Waals surface area contributed by atoms with Crippen molar-refractivity contribution in [2.24, 2.45) is 7.05 Å². The highest BCUT2D eigenvalue weighted by molar-refractivity contribution is 7.92. The van der Waals surface area contributed by atoms with Crippen LogP contribution in [0.3, 0.4) is 0 Å². The van der Waals surface area contributed by atoms with Crippen LogP contribution in [0.5, 0.6) is 0 Å². The number of hydrogen-bond acceptors (Lipinski definition) is 6.